The third kappa shape index (κ3) is 8.74. The van der Waals surface area contributed by atoms with Crippen molar-refractivity contribution in [2.45, 2.75) is 72.3 Å². The molecule has 1 aliphatic rings. The Balaban J connectivity index is 2.29. The van der Waals surface area contributed by atoms with E-state index in [0.717, 1.165) is 65.0 Å². The van der Waals surface area contributed by atoms with Crippen LogP contribution in [-0.4, -0.2) is 49.7 Å². The predicted molar refractivity (Wildman–Crippen MR) is 92.0 cm³/mol. The van der Waals surface area contributed by atoms with E-state index in [1.54, 1.807) is 0 Å². The van der Waals surface area contributed by atoms with Crippen molar-refractivity contribution in [1.82, 2.24) is 10.2 Å². The van der Waals surface area contributed by atoms with E-state index in [4.69, 9.17) is 4.74 Å². The Morgan fingerprint density at radius 3 is 2.41 bits per heavy atom. The van der Waals surface area contributed by atoms with Gasteiger partial charge in [-0.05, 0) is 37.6 Å². The van der Waals surface area contributed by atoms with Crippen LogP contribution in [0.25, 0.3) is 0 Å². The zero-order chi connectivity index (χ0) is 16.4. The van der Waals surface area contributed by atoms with Gasteiger partial charge in [-0.1, -0.05) is 34.1 Å². The fourth-order valence-corrected chi connectivity index (χ4v) is 2.75. The van der Waals surface area contributed by atoms with Crippen molar-refractivity contribution in [2.24, 2.45) is 5.41 Å². The maximum atomic E-state index is 12.4. The lowest BCUT2D eigenvalue weighted by atomic mass is 9.91. The minimum absolute atomic E-state index is 0.0713. The molecule has 1 fully saturated rings. The molecule has 1 aliphatic heterocycles. The van der Waals surface area contributed by atoms with Gasteiger partial charge < -0.3 is 15.0 Å². The average Bonchev–Trinajstić information content (AvgIpc) is 2.45. The first-order valence-corrected chi connectivity index (χ1v) is 9.01. The number of nitrogens with one attached hydrogen (secondary N) is 1. The minimum Gasteiger partial charge on any atom is -0.381 e. The largest absolute Gasteiger partial charge is 0.381 e. The monoisotopic (exact) mass is 312 g/mol. The Kier molecular flexibility index (Phi) is 9.03. The molecular weight excluding hydrogens is 276 g/mol. The zero-order valence-corrected chi connectivity index (χ0v) is 15.1. The first-order valence-electron chi connectivity index (χ1n) is 9.01. The Hall–Kier alpha value is -0.610. The summed E-state index contributed by atoms with van der Waals surface area (Å²) in [4.78, 5) is 14.5. The summed E-state index contributed by atoms with van der Waals surface area (Å²) in [6.45, 7) is 13.1. The van der Waals surface area contributed by atoms with Crippen LogP contribution in [-0.2, 0) is 9.53 Å². The molecule has 0 saturated carbocycles. The third-order valence-electron chi connectivity index (χ3n) is 4.07. The van der Waals surface area contributed by atoms with Crippen molar-refractivity contribution in [1.29, 1.82) is 0 Å². The smallest absolute Gasteiger partial charge is 0.223 e. The molecule has 0 atom stereocenters. The summed E-state index contributed by atoms with van der Waals surface area (Å²) in [6.07, 6.45) is 6.15. The Morgan fingerprint density at radius 2 is 1.82 bits per heavy atom. The molecule has 0 aromatic heterocycles. The summed E-state index contributed by atoms with van der Waals surface area (Å²) in [6, 6.07) is 0.600. The van der Waals surface area contributed by atoms with E-state index in [2.05, 4.69) is 37.9 Å². The van der Waals surface area contributed by atoms with Crippen LogP contribution in [0, 0.1) is 5.41 Å². The maximum absolute atomic E-state index is 12.4. The molecule has 0 radical (unpaired) electrons. The Bertz CT molecular complexity index is 307. The molecule has 0 unspecified atom stereocenters. The van der Waals surface area contributed by atoms with Crippen LogP contribution >= 0.6 is 0 Å². The lowest BCUT2D eigenvalue weighted by molar-refractivity contribution is -0.133. The predicted octanol–water partition coefficient (Wildman–Crippen LogP) is 3.21. The molecule has 1 heterocycles. The summed E-state index contributed by atoms with van der Waals surface area (Å²) < 4.78 is 5.37. The van der Waals surface area contributed by atoms with Crippen molar-refractivity contribution in [3.63, 3.8) is 0 Å². The lowest BCUT2D eigenvalue weighted by Gasteiger charge is -2.27. The average molecular weight is 312 g/mol. The summed E-state index contributed by atoms with van der Waals surface area (Å²) in [5.74, 6) is 0.312. The number of carbonyl (C=O) groups excluding carboxylic acids is 1. The quantitative estimate of drug-likeness (QED) is 0.665. The summed E-state index contributed by atoms with van der Waals surface area (Å²) >= 11 is 0. The van der Waals surface area contributed by atoms with E-state index in [9.17, 15) is 4.79 Å². The van der Waals surface area contributed by atoms with Crippen molar-refractivity contribution < 1.29 is 9.53 Å². The number of ether oxygens (including phenoxy) is 1. The second-order valence-corrected chi connectivity index (χ2v) is 7.67. The molecule has 4 nitrogen and oxygen atoms in total. The van der Waals surface area contributed by atoms with E-state index in [1.807, 2.05) is 0 Å². The van der Waals surface area contributed by atoms with Crippen LogP contribution in [0.15, 0.2) is 0 Å². The maximum Gasteiger partial charge on any atom is 0.223 e. The molecule has 1 saturated heterocycles. The molecule has 1 N–H and O–H groups in total. The fourth-order valence-electron chi connectivity index (χ4n) is 2.75. The van der Waals surface area contributed by atoms with Crippen LogP contribution < -0.4 is 5.32 Å². The van der Waals surface area contributed by atoms with Gasteiger partial charge in [-0.15, -0.1) is 0 Å². The van der Waals surface area contributed by atoms with Gasteiger partial charge in [0.15, 0.2) is 0 Å². The first-order chi connectivity index (χ1) is 10.4. The molecule has 0 aliphatic carbocycles. The highest BCUT2D eigenvalue weighted by Gasteiger charge is 2.20. The summed E-state index contributed by atoms with van der Waals surface area (Å²) in [5, 5.41) is 3.60. The Morgan fingerprint density at radius 1 is 1.18 bits per heavy atom. The molecular formula is C18H36N2O2. The summed E-state index contributed by atoms with van der Waals surface area (Å²) in [7, 11) is 0. The lowest BCUT2D eigenvalue weighted by Crippen LogP contribution is -2.39. The molecule has 0 aromatic carbocycles. The number of hydrogen-bond donors (Lipinski definition) is 1. The van der Waals surface area contributed by atoms with Gasteiger partial charge in [0.1, 0.15) is 0 Å². The van der Waals surface area contributed by atoms with Crippen molar-refractivity contribution in [2.75, 3.05) is 32.8 Å². The van der Waals surface area contributed by atoms with Gasteiger partial charge in [0.25, 0.3) is 0 Å². The second kappa shape index (κ2) is 10.2. The van der Waals surface area contributed by atoms with Crippen LogP contribution in [0.3, 0.4) is 0 Å². The molecule has 1 amide bonds. The van der Waals surface area contributed by atoms with E-state index >= 15 is 0 Å². The van der Waals surface area contributed by atoms with Gasteiger partial charge in [0.05, 0.1) is 0 Å². The van der Waals surface area contributed by atoms with E-state index < -0.39 is 0 Å². The van der Waals surface area contributed by atoms with Crippen molar-refractivity contribution in [3.8, 4) is 0 Å². The van der Waals surface area contributed by atoms with Crippen molar-refractivity contribution >= 4 is 5.91 Å². The van der Waals surface area contributed by atoms with Gasteiger partial charge in [0.2, 0.25) is 5.91 Å². The number of hydrogen-bond acceptors (Lipinski definition) is 3. The van der Waals surface area contributed by atoms with Gasteiger partial charge in [-0.2, -0.15) is 0 Å². The number of amides is 1. The molecule has 22 heavy (non-hydrogen) atoms. The SMILES string of the molecule is CCCCN(CCCNC1CCOCC1)C(=O)CC(C)(C)C. The Labute approximate surface area is 137 Å². The third-order valence-corrected chi connectivity index (χ3v) is 4.07. The number of unbranched alkanes of at least 4 members (excludes halogenated alkanes) is 1. The fraction of sp³-hybridized carbons (Fsp3) is 0.944. The standard InChI is InChI=1S/C18H36N2O2/c1-5-6-11-20(17(21)15-18(2,3)4)12-7-10-19-16-8-13-22-14-9-16/h16,19H,5-15H2,1-4H3. The highest BCUT2D eigenvalue weighted by atomic mass is 16.5. The highest BCUT2D eigenvalue weighted by molar-refractivity contribution is 5.76. The zero-order valence-electron chi connectivity index (χ0n) is 15.1. The van der Waals surface area contributed by atoms with E-state index in [-0.39, 0.29) is 5.41 Å². The van der Waals surface area contributed by atoms with Gasteiger partial charge >= 0.3 is 0 Å². The molecule has 0 spiro atoms. The molecule has 0 aromatic rings. The second-order valence-electron chi connectivity index (χ2n) is 7.67. The van der Waals surface area contributed by atoms with Gasteiger partial charge in [0, 0.05) is 38.8 Å². The van der Waals surface area contributed by atoms with Crippen LogP contribution in [0.5, 0.6) is 0 Å². The highest BCUT2D eigenvalue weighted by Crippen LogP contribution is 2.20. The number of rotatable bonds is 9. The molecule has 0 bridgehead atoms. The number of nitrogens with zero attached hydrogens (tertiary/aromatic N) is 1. The topological polar surface area (TPSA) is 41.6 Å². The van der Waals surface area contributed by atoms with Crippen LogP contribution in [0.1, 0.15) is 66.2 Å². The van der Waals surface area contributed by atoms with E-state index in [0.29, 0.717) is 18.4 Å². The minimum atomic E-state index is 0.0713. The normalized spacial score (nSPS) is 16.7. The van der Waals surface area contributed by atoms with Crippen LogP contribution in [0.2, 0.25) is 0 Å². The van der Waals surface area contributed by atoms with Crippen molar-refractivity contribution in [3.05, 3.63) is 0 Å². The number of carbonyl (C=O) groups is 1. The molecule has 4 heteroatoms. The van der Waals surface area contributed by atoms with Gasteiger partial charge in [-0.25, -0.2) is 0 Å². The molecule has 1 rings (SSSR count). The first kappa shape index (κ1) is 19.4. The van der Waals surface area contributed by atoms with Crippen LogP contribution in [0.4, 0.5) is 0 Å². The van der Waals surface area contributed by atoms with E-state index in [1.165, 1.54) is 0 Å². The summed E-state index contributed by atoms with van der Waals surface area (Å²) in [5.41, 5.74) is 0.0713. The molecule has 130 valence electrons. The van der Waals surface area contributed by atoms with Gasteiger partial charge in [-0.3, -0.25) is 4.79 Å².